The van der Waals surface area contributed by atoms with E-state index in [1.807, 2.05) is 18.2 Å². The predicted octanol–water partition coefficient (Wildman–Crippen LogP) is 2.40. The van der Waals surface area contributed by atoms with E-state index in [9.17, 15) is 14.4 Å². The van der Waals surface area contributed by atoms with Crippen LogP contribution in [0, 0.1) is 0 Å². The zero-order valence-electron chi connectivity index (χ0n) is 13.6. The summed E-state index contributed by atoms with van der Waals surface area (Å²) in [7, 11) is 0. The number of benzene rings is 2. The Bertz CT molecular complexity index is 761. The Balaban J connectivity index is 1.99. The van der Waals surface area contributed by atoms with Crippen molar-refractivity contribution in [3.8, 4) is 11.5 Å². The third-order valence-corrected chi connectivity index (χ3v) is 3.16. The minimum Gasteiger partial charge on any atom is -0.480 e. The summed E-state index contributed by atoms with van der Waals surface area (Å²) in [4.78, 5) is 34.1. The normalized spacial score (nSPS) is 11.2. The van der Waals surface area contributed by atoms with Crippen LogP contribution in [-0.2, 0) is 14.4 Å². The molecule has 3 N–H and O–H groups in total. The van der Waals surface area contributed by atoms with E-state index in [-0.39, 0.29) is 6.42 Å². The molecule has 0 heterocycles. The van der Waals surface area contributed by atoms with E-state index in [2.05, 4.69) is 10.6 Å². The molecule has 0 bridgehead atoms. The highest BCUT2D eigenvalue weighted by molar-refractivity contribution is 5.95. The molecule has 2 amide bonds. The molecule has 0 spiro atoms. The lowest BCUT2D eigenvalue weighted by Crippen LogP contribution is -2.42. The van der Waals surface area contributed by atoms with E-state index < -0.39 is 23.8 Å². The zero-order chi connectivity index (χ0) is 18.2. The lowest BCUT2D eigenvalue weighted by Gasteiger charge is -2.13. The number of amides is 2. The number of hydrogen-bond acceptors (Lipinski definition) is 4. The number of carboxylic acids is 1. The first-order chi connectivity index (χ1) is 11.9. The Kier molecular flexibility index (Phi) is 6.11. The fraction of sp³-hybridized carbons (Fsp3) is 0.167. The lowest BCUT2D eigenvalue weighted by atomic mass is 10.2. The van der Waals surface area contributed by atoms with Crippen LogP contribution in [-0.4, -0.2) is 28.9 Å². The van der Waals surface area contributed by atoms with E-state index in [1.165, 1.54) is 6.92 Å². The molecule has 7 nitrogen and oxygen atoms in total. The first-order valence-electron chi connectivity index (χ1n) is 7.57. The predicted molar refractivity (Wildman–Crippen MR) is 91.4 cm³/mol. The number of carbonyl (C=O) groups is 3. The van der Waals surface area contributed by atoms with Gasteiger partial charge in [-0.3, -0.25) is 9.59 Å². The second-order valence-corrected chi connectivity index (χ2v) is 5.29. The van der Waals surface area contributed by atoms with Gasteiger partial charge in [-0.05, 0) is 24.3 Å². The molecule has 0 saturated heterocycles. The smallest absolute Gasteiger partial charge is 0.326 e. The van der Waals surface area contributed by atoms with E-state index >= 15 is 0 Å². The van der Waals surface area contributed by atoms with Gasteiger partial charge in [0.2, 0.25) is 11.8 Å². The van der Waals surface area contributed by atoms with Crippen LogP contribution in [0.25, 0.3) is 0 Å². The quantitative estimate of drug-likeness (QED) is 0.717. The van der Waals surface area contributed by atoms with Crippen molar-refractivity contribution in [2.75, 3.05) is 5.32 Å². The number of aliphatic carboxylic acids is 1. The molecule has 2 aromatic carbocycles. The standard InChI is InChI=1S/C18H18N2O5/c1-12(21)19-16(18(23)24)11-17(22)20-13-6-5-9-15(10-13)25-14-7-3-2-4-8-14/h2-10,16H,11H2,1H3,(H,19,21)(H,20,22)(H,23,24)/t16-/m0/s1. The summed E-state index contributed by atoms with van der Waals surface area (Å²) in [5, 5.41) is 13.8. The van der Waals surface area contributed by atoms with Gasteiger partial charge < -0.3 is 20.5 Å². The Morgan fingerprint density at radius 2 is 1.72 bits per heavy atom. The van der Waals surface area contributed by atoms with Crippen LogP contribution < -0.4 is 15.4 Å². The van der Waals surface area contributed by atoms with E-state index in [0.29, 0.717) is 17.2 Å². The summed E-state index contributed by atoms with van der Waals surface area (Å²) >= 11 is 0. The number of nitrogens with one attached hydrogen (secondary N) is 2. The number of para-hydroxylation sites is 1. The maximum absolute atomic E-state index is 12.0. The summed E-state index contributed by atoms with van der Waals surface area (Å²) in [5.74, 6) is -1.13. The Labute approximate surface area is 144 Å². The summed E-state index contributed by atoms with van der Waals surface area (Å²) < 4.78 is 5.67. The average Bonchev–Trinajstić information content (AvgIpc) is 2.55. The minimum absolute atomic E-state index is 0.376. The lowest BCUT2D eigenvalue weighted by molar-refractivity contribution is -0.142. The van der Waals surface area contributed by atoms with Gasteiger partial charge in [-0.2, -0.15) is 0 Å². The van der Waals surface area contributed by atoms with Gasteiger partial charge in [0, 0.05) is 18.7 Å². The van der Waals surface area contributed by atoms with Crippen molar-refractivity contribution in [1.82, 2.24) is 5.32 Å². The summed E-state index contributed by atoms with van der Waals surface area (Å²) in [6.07, 6.45) is -0.376. The molecule has 7 heteroatoms. The highest BCUT2D eigenvalue weighted by Gasteiger charge is 2.22. The molecule has 0 unspecified atom stereocenters. The zero-order valence-corrected chi connectivity index (χ0v) is 13.6. The molecule has 0 radical (unpaired) electrons. The largest absolute Gasteiger partial charge is 0.480 e. The van der Waals surface area contributed by atoms with Crippen molar-refractivity contribution in [2.24, 2.45) is 0 Å². The molecule has 1 atom stereocenters. The van der Waals surface area contributed by atoms with E-state index in [1.54, 1.807) is 36.4 Å². The SMILES string of the molecule is CC(=O)N[C@@H](CC(=O)Nc1cccc(Oc2ccccc2)c1)C(=O)O. The molecule has 0 aliphatic heterocycles. The Hall–Kier alpha value is -3.35. The van der Waals surface area contributed by atoms with Crippen molar-refractivity contribution >= 4 is 23.5 Å². The van der Waals surface area contributed by atoms with Crippen molar-refractivity contribution in [2.45, 2.75) is 19.4 Å². The molecule has 25 heavy (non-hydrogen) atoms. The van der Waals surface area contributed by atoms with Crippen molar-refractivity contribution < 1.29 is 24.2 Å². The fourth-order valence-electron chi connectivity index (χ4n) is 2.10. The molecule has 0 aliphatic rings. The fourth-order valence-corrected chi connectivity index (χ4v) is 2.10. The van der Waals surface area contributed by atoms with Gasteiger partial charge >= 0.3 is 5.97 Å². The third kappa shape index (κ3) is 5.98. The third-order valence-electron chi connectivity index (χ3n) is 3.16. The minimum atomic E-state index is -1.28. The van der Waals surface area contributed by atoms with Crippen molar-refractivity contribution in [1.29, 1.82) is 0 Å². The second kappa shape index (κ2) is 8.49. The highest BCUT2D eigenvalue weighted by Crippen LogP contribution is 2.23. The average molecular weight is 342 g/mol. The highest BCUT2D eigenvalue weighted by atomic mass is 16.5. The van der Waals surface area contributed by atoms with Gasteiger partial charge in [0.05, 0.1) is 6.42 Å². The summed E-state index contributed by atoms with van der Waals surface area (Å²) in [6, 6.07) is 14.6. The molecule has 0 saturated carbocycles. The first-order valence-corrected chi connectivity index (χ1v) is 7.57. The number of hydrogen-bond donors (Lipinski definition) is 3. The van der Waals surface area contributed by atoms with Crippen LogP contribution in [0.4, 0.5) is 5.69 Å². The van der Waals surface area contributed by atoms with E-state index in [4.69, 9.17) is 9.84 Å². The van der Waals surface area contributed by atoms with Gasteiger partial charge in [-0.1, -0.05) is 24.3 Å². The van der Waals surface area contributed by atoms with Crippen molar-refractivity contribution in [3.63, 3.8) is 0 Å². The Morgan fingerprint density at radius 1 is 1.04 bits per heavy atom. The van der Waals surface area contributed by atoms with Gasteiger partial charge in [-0.25, -0.2) is 4.79 Å². The second-order valence-electron chi connectivity index (χ2n) is 5.29. The monoisotopic (exact) mass is 342 g/mol. The maximum Gasteiger partial charge on any atom is 0.326 e. The number of rotatable bonds is 7. The summed E-state index contributed by atoms with van der Waals surface area (Å²) in [6.45, 7) is 1.19. The van der Waals surface area contributed by atoms with E-state index in [0.717, 1.165) is 0 Å². The molecule has 2 aromatic rings. The van der Waals surface area contributed by atoms with Crippen LogP contribution >= 0.6 is 0 Å². The number of carbonyl (C=O) groups excluding carboxylic acids is 2. The maximum atomic E-state index is 12.0. The first kappa shape index (κ1) is 18.0. The van der Waals surface area contributed by atoms with Crippen LogP contribution in [0.15, 0.2) is 54.6 Å². The summed E-state index contributed by atoms with van der Waals surface area (Å²) in [5.41, 5.74) is 0.463. The van der Waals surface area contributed by atoms with Gasteiger partial charge in [0.25, 0.3) is 0 Å². The molecule has 0 aromatic heterocycles. The van der Waals surface area contributed by atoms with Crippen LogP contribution in [0.3, 0.4) is 0 Å². The van der Waals surface area contributed by atoms with Gasteiger partial charge in [-0.15, -0.1) is 0 Å². The van der Waals surface area contributed by atoms with Crippen LogP contribution in [0.1, 0.15) is 13.3 Å². The Morgan fingerprint density at radius 3 is 2.36 bits per heavy atom. The number of anilines is 1. The number of carboxylic acid groups (broad SMARTS) is 1. The molecular weight excluding hydrogens is 324 g/mol. The topological polar surface area (TPSA) is 105 Å². The molecule has 2 rings (SSSR count). The van der Waals surface area contributed by atoms with Gasteiger partial charge in [0.15, 0.2) is 0 Å². The molecule has 0 aliphatic carbocycles. The molecule has 0 fully saturated rings. The van der Waals surface area contributed by atoms with Crippen LogP contribution in [0.5, 0.6) is 11.5 Å². The van der Waals surface area contributed by atoms with Crippen molar-refractivity contribution in [3.05, 3.63) is 54.6 Å². The number of ether oxygens (including phenoxy) is 1. The van der Waals surface area contributed by atoms with Crippen LogP contribution in [0.2, 0.25) is 0 Å². The molecular formula is C18H18N2O5. The molecule has 130 valence electrons. The van der Waals surface area contributed by atoms with Gasteiger partial charge in [0.1, 0.15) is 17.5 Å².